The number of hydrogen-bond donors (Lipinski definition) is 0. The molecule has 5 aromatic rings. The average molecular weight is 478 g/mol. The van der Waals surface area contributed by atoms with Gasteiger partial charge in [-0.15, -0.1) is 13.2 Å². The summed E-state index contributed by atoms with van der Waals surface area (Å²) >= 11 is 0. The lowest BCUT2D eigenvalue weighted by atomic mass is 9.86. The van der Waals surface area contributed by atoms with Gasteiger partial charge in [-0.2, -0.15) is 5.10 Å². The smallest absolute Gasteiger partial charge is 0.104 e. The Morgan fingerprint density at radius 2 is 1.64 bits per heavy atom. The molecule has 36 heavy (non-hydrogen) atoms. The van der Waals surface area contributed by atoms with Crippen LogP contribution in [0.4, 0.5) is 0 Å². The standard InChI is InChI=1S/C29H29N3.C2H6.C2H4/c1-7-19-11-10-12-20(15-19)22-16-23-26(21(18(2)3)17-25(30-23)29(4,5)6)28-27(22)24-13-8-9-14-32(24)31-28;2*1-2/h7-18H,1H2,2-6H3;1-2H3;1-2H2. The molecule has 3 heterocycles. The van der Waals surface area contributed by atoms with Crippen LogP contribution >= 0.6 is 0 Å². The molecule has 0 fully saturated rings. The van der Waals surface area contributed by atoms with E-state index in [2.05, 4.69) is 103 Å². The van der Waals surface area contributed by atoms with Crippen molar-refractivity contribution in [1.82, 2.24) is 14.6 Å². The molecule has 0 bridgehead atoms. The molecule has 0 spiro atoms. The van der Waals surface area contributed by atoms with Crippen LogP contribution in [0.3, 0.4) is 0 Å². The Labute approximate surface area is 216 Å². The van der Waals surface area contributed by atoms with Crippen LogP contribution in [0.15, 0.2) is 80.5 Å². The van der Waals surface area contributed by atoms with Crippen LogP contribution in [0.25, 0.3) is 44.5 Å². The second-order valence-electron chi connectivity index (χ2n) is 9.90. The van der Waals surface area contributed by atoms with Crippen LogP contribution in [0.5, 0.6) is 0 Å². The van der Waals surface area contributed by atoms with E-state index < -0.39 is 0 Å². The molecule has 5 rings (SSSR count). The highest BCUT2D eigenvalue weighted by Crippen LogP contribution is 2.40. The molecule has 0 N–H and O–H groups in total. The summed E-state index contributed by atoms with van der Waals surface area (Å²) in [5, 5.41) is 7.40. The van der Waals surface area contributed by atoms with E-state index in [-0.39, 0.29) is 5.41 Å². The number of nitrogens with zero attached hydrogens (tertiary/aromatic N) is 3. The van der Waals surface area contributed by atoms with Gasteiger partial charge in [-0.1, -0.05) is 85.4 Å². The summed E-state index contributed by atoms with van der Waals surface area (Å²) in [5.74, 6) is 0.365. The van der Waals surface area contributed by atoms with Gasteiger partial charge in [0.2, 0.25) is 0 Å². The van der Waals surface area contributed by atoms with E-state index in [1.54, 1.807) is 0 Å². The highest BCUT2D eigenvalue weighted by Gasteiger charge is 2.23. The fraction of sp³-hybridized carbons (Fsp3) is 0.273. The number of benzene rings is 2. The normalized spacial score (nSPS) is 11.2. The molecular formula is C33H39N3. The Hall–Kier alpha value is -3.72. The summed E-state index contributed by atoms with van der Waals surface area (Å²) in [6.07, 6.45) is 3.92. The Bertz CT molecular complexity index is 1510. The number of pyridine rings is 2. The highest BCUT2D eigenvalue weighted by atomic mass is 15.2. The minimum Gasteiger partial charge on any atom is -0.252 e. The van der Waals surface area contributed by atoms with Crippen molar-refractivity contribution in [3.8, 4) is 11.1 Å². The Balaban J connectivity index is 0.000000861. The third-order valence-electron chi connectivity index (χ3n) is 6.23. The van der Waals surface area contributed by atoms with E-state index in [4.69, 9.17) is 10.1 Å². The minimum atomic E-state index is -0.0331. The van der Waals surface area contributed by atoms with E-state index in [9.17, 15) is 0 Å². The second kappa shape index (κ2) is 10.9. The van der Waals surface area contributed by atoms with Crippen LogP contribution in [0.1, 0.15) is 71.2 Å². The van der Waals surface area contributed by atoms with E-state index >= 15 is 0 Å². The number of rotatable bonds is 3. The van der Waals surface area contributed by atoms with Crippen molar-refractivity contribution in [2.24, 2.45) is 0 Å². The van der Waals surface area contributed by atoms with Gasteiger partial charge in [0.15, 0.2) is 0 Å². The summed E-state index contributed by atoms with van der Waals surface area (Å²) in [6.45, 7) is 25.1. The van der Waals surface area contributed by atoms with E-state index in [1.807, 2.05) is 36.7 Å². The first-order valence-electron chi connectivity index (χ1n) is 12.8. The Morgan fingerprint density at radius 3 is 2.28 bits per heavy atom. The predicted octanol–water partition coefficient (Wildman–Crippen LogP) is 9.59. The van der Waals surface area contributed by atoms with Gasteiger partial charge in [0.25, 0.3) is 0 Å². The molecule has 0 aliphatic rings. The molecule has 0 saturated heterocycles. The van der Waals surface area contributed by atoms with E-state index in [0.717, 1.165) is 44.3 Å². The minimum absolute atomic E-state index is 0.0331. The molecule has 0 saturated carbocycles. The monoisotopic (exact) mass is 477 g/mol. The average Bonchev–Trinajstić information content (AvgIpc) is 3.29. The Kier molecular flexibility index (Phi) is 8.14. The lowest BCUT2D eigenvalue weighted by molar-refractivity contribution is 0.570. The van der Waals surface area contributed by atoms with Gasteiger partial charge in [-0.25, -0.2) is 4.52 Å². The highest BCUT2D eigenvalue weighted by molar-refractivity contribution is 6.17. The van der Waals surface area contributed by atoms with Crippen molar-refractivity contribution in [2.75, 3.05) is 0 Å². The number of hydrogen-bond acceptors (Lipinski definition) is 2. The van der Waals surface area contributed by atoms with Crippen molar-refractivity contribution in [1.29, 1.82) is 0 Å². The van der Waals surface area contributed by atoms with Crippen LogP contribution in [0, 0.1) is 0 Å². The van der Waals surface area contributed by atoms with Crippen molar-refractivity contribution in [2.45, 2.75) is 59.8 Å². The molecule has 0 unspecified atom stereocenters. The van der Waals surface area contributed by atoms with Gasteiger partial charge in [-0.3, -0.25) is 4.98 Å². The van der Waals surface area contributed by atoms with Crippen LogP contribution in [0.2, 0.25) is 0 Å². The van der Waals surface area contributed by atoms with Gasteiger partial charge in [0.05, 0.1) is 11.0 Å². The third-order valence-corrected chi connectivity index (χ3v) is 6.23. The molecule has 2 aromatic carbocycles. The third kappa shape index (κ3) is 4.83. The first-order valence-corrected chi connectivity index (χ1v) is 12.8. The van der Waals surface area contributed by atoms with Crippen LogP contribution in [-0.4, -0.2) is 14.6 Å². The lowest BCUT2D eigenvalue weighted by Gasteiger charge is -2.22. The maximum Gasteiger partial charge on any atom is 0.104 e. The molecule has 3 heteroatoms. The fourth-order valence-electron chi connectivity index (χ4n) is 4.50. The number of aromatic nitrogens is 3. The molecular weight excluding hydrogens is 438 g/mol. The maximum absolute atomic E-state index is 5.17. The summed E-state index contributed by atoms with van der Waals surface area (Å²) < 4.78 is 1.99. The number of fused-ring (bicyclic) bond motifs is 5. The molecule has 186 valence electrons. The van der Waals surface area contributed by atoms with Crippen LogP contribution < -0.4 is 0 Å². The van der Waals surface area contributed by atoms with Gasteiger partial charge in [0, 0.05) is 28.1 Å². The summed E-state index contributed by atoms with van der Waals surface area (Å²) in [4.78, 5) is 5.17. The zero-order valence-electron chi connectivity index (χ0n) is 22.9. The molecule has 0 atom stereocenters. The largest absolute Gasteiger partial charge is 0.252 e. The van der Waals surface area contributed by atoms with Gasteiger partial charge in [-0.05, 0) is 58.5 Å². The quantitative estimate of drug-likeness (QED) is 0.242. The molecule has 3 aromatic heterocycles. The lowest BCUT2D eigenvalue weighted by Crippen LogP contribution is -2.14. The maximum atomic E-state index is 5.17. The SMILES string of the molecule is C=C.C=Cc1cccc(-c2cc3nc(C(C)(C)C)cc(C(C)C)c3c3nn4ccccc4c23)c1.CC. The molecule has 0 amide bonds. The van der Waals surface area contributed by atoms with E-state index in [0.29, 0.717) is 5.92 Å². The van der Waals surface area contributed by atoms with Gasteiger partial charge >= 0.3 is 0 Å². The first kappa shape index (κ1) is 26.9. The topological polar surface area (TPSA) is 30.2 Å². The second-order valence-corrected chi connectivity index (χ2v) is 9.90. The summed E-state index contributed by atoms with van der Waals surface area (Å²) in [5.41, 5.74) is 8.94. The summed E-state index contributed by atoms with van der Waals surface area (Å²) in [6, 6.07) is 19.3. The first-order chi connectivity index (χ1) is 17.3. The zero-order chi connectivity index (χ0) is 26.6. The molecule has 3 nitrogen and oxygen atoms in total. The van der Waals surface area contributed by atoms with E-state index in [1.165, 1.54) is 10.9 Å². The van der Waals surface area contributed by atoms with Crippen molar-refractivity contribution >= 4 is 33.4 Å². The van der Waals surface area contributed by atoms with Gasteiger partial charge < -0.3 is 0 Å². The van der Waals surface area contributed by atoms with Crippen molar-refractivity contribution in [3.05, 3.63) is 97.4 Å². The van der Waals surface area contributed by atoms with Crippen molar-refractivity contribution in [3.63, 3.8) is 0 Å². The van der Waals surface area contributed by atoms with Gasteiger partial charge in [0.1, 0.15) is 5.52 Å². The molecule has 0 aliphatic heterocycles. The summed E-state index contributed by atoms with van der Waals surface area (Å²) in [7, 11) is 0. The fourth-order valence-corrected chi connectivity index (χ4v) is 4.50. The molecule has 0 radical (unpaired) electrons. The Morgan fingerprint density at radius 1 is 0.917 bits per heavy atom. The zero-order valence-corrected chi connectivity index (χ0v) is 22.9. The van der Waals surface area contributed by atoms with Crippen LogP contribution in [-0.2, 0) is 5.41 Å². The van der Waals surface area contributed by atoms with Crippen molar-refractivity contribution < 1.29 is 0 Å². The molecule has 0 aliphatic carbocycles. The predicted molar refractivity (Wildman–Crippen MR) is 159 cm³/mol.